The molecule has 0 aromatic heterocycles. The lowest BCUT2D eigenvalue weighted by atomic mass is 9.90. The van der Waals surface area contributed by atoms with Crippen LogP contribution in [0.3, 0.4) is 0 Å². The molecule has 2 aromatic carbocycles. The summed E-state index contributed by atoms with van der Waals surface area (Å²) in [5.41, 5.74) is 0.244. The first kappa shape index (κ1) is 39.3. The summed E-state index contributed by atoms with van der Waals surface area (Å²) >= 11 is 0. The number of carbonyl (C=O) groups is 4. The van der Waals surface area contributed by atoms with Gasteiger partial charge in [-0.3, -0.25) is 4.79 Å². The first-order chi connectivity index (χ1) is 24.2. The summed E-state index contributed by atoms with van der Waals surface area (Å²) in [7, 11) is 1.22. The van der Waals surface area contributed by atoms with Gasteiger partial charge in [0.15, 0.2) is 5.79 Å². The zero-order valence-corrected chi connectivity index (χ0v) is 28.4. The lowest BCUT2D eigenvalue weighted by Crippen LogP contribution is -2.54. The molecule has 12 nitrogen and oxygen atoms in total. The average molecular weight is 726 g/mol. The van der Waals surface area contributed by atoms with Gasteiger partial charge in [0.1, 0.15) is 24.6 Å². The van der Waals surface area contributed by atoms with E-state index in [1.54, 1.807) is 12.1 Å². The second-order valence-electron chi connectivity index (χ2n) is 12.6. The van der Waals surface area contributed by atoms with Crippen molar-refractivity contribution in [1.29, 1.82) is 0 Å². The van der Waals surface area contributed by atoms with Crippen molar-refractivity contribution in [3.05, 3.63) is 71.0 Å². The number of alkyl halides is 3. The summed E-state index contributed by atoms with van der Waals surface area (Å²) in [6, 6.07) is 9.65. The number of nitrogens with one attached hydrogen (secondary N) is 3. The normalized spacial score (nSPS) is 22.4. The van der Waals surface area contributed by atoms with Crippen LogP contribution in [0.4, 0.5) is 27.2 Å². The molecule has 2 fully saturated rings. The Kier molecular flexibility index (Phi) is 14.0. The third-order valence-corrected chi connectivity index (χ3v) is 8.50. The first-order valence-corrected chi connectivity index (χ1v) is 16.7. The van der Waals surface area contributed by atoms with E-state index in [1.807, 2.05) is 0 Å². The van der Waals surface area contributed by atoms with Crippen LogP contribution in [0.2, 0.25) is 0 Å². The molecule has 2 aliphatic rings. The molecule has 0 radical (unpaired) electrons. The number of ether oxygens (including phenoxy) is 5. The van der Waals surface area contributed by atoms with Crippen molar-refractivity contribution in [2.24, 2.45) is 0 Å². The molecular formula is C35H43F4N3O9. The van der Waals surface area contributed by atoms with Crippen molar-refractivity contribution in [2.45, 2.75) is 101 Å². The number of amides is 3. The van der Waals surface area contributed by atoms with Gasteiger partial charge in [-0.25, -0.2) is 18.8 Å². The lowest BCUT2D eigenvalue weighted by Gasteiger charge is -2.47. The summed E-state index contributed by atoms with van der Waals surface area (Å²) in [5, 5.41) is 7.71. The van der Waals surface area contributed by atoms with Gasteiger partial charge in [-0.05, 0) is 68.0 Å². The number of carbonyl (C=O) groups excluding carboxylic acids is 4. The van der Waals surface area contributed by atoms with E-state index in [-0.39, 0.29) is 56.8 Å². The van der Waals surface area contributed by atoms with Gasteiger partial charge in [0.25, 0.3) is 0 Å². The maximum atomic E-state index is 13.2. The van der Waals surface area contributed by atoms with E-state index in [0.29, 0.717) is 25.7 Å². The van der Waals surface area contributed by atoms with Gasteiger partial charge in [0, 0.05) is 38.8 Å². The molecule has 0 saturated carbocycles. The molecule has 2 saturated heterocycles. The Morgan fingerprint density at radius 1 is 1.00 bits per heavy atom. The van der Waals surface area contributed by atoms with E-state index < -0.39 is 65.9 Å². The van der Waals surface area contributed by atoms with Crippen LogP contribution in [0, 0.1) is 5.82 Å². The predicted octanol–water partition coefficient (Wildman–Crippen LogP) is 5.31. The highest BCUT2D eigenvalue weighted by Crippen LogP contribution is 2.41. The number of halogens is 4. The number of rotatable bonds is 13. The number of hydrogen-bond donors (Lipinski definition) is 3. The molecule has 1 spiro atoms. The molecule has 5 atom stereocenters. The summed E-state index contributed by atoms with van der Waals surface area (Å²) in [4.78, 5) is 49.5. The number of hydrogen-bond acceptors (Lipinski definition) is 9. The molecule has 51 heavy (non-hydrogen) atoms. The third-order valence-electron chi connectivity index (χ3n) is 8.50. The minimum absolute atomic E-state index is 0.00272. The van der Waals surface area contributed by atoms with Crippen LogP contribution < -0.4 is 16.0 Å². The zero-order valence-electron chi connectivity index (χ0n) is 28.4. The maximum Gasteiger partial charge on any atom is 0.416 e. The lowest BCUT2D eigenvalue weighted by molar-refractivity contribution is -0.329. The fraction of sp³-hybridized carbons (Fsp3) is 0.543. The van der Waals surface area contributed by atoms with Crippen LogP contribution in [-0.2, 0) is 52.4 Å². The summed E-state index contributed by atoms with van der Waals surface area (Å²) < 4.78 is 80.8. The van der Waals surface area contributed by atoms with Gasteiger partial charge in [0.05, 0.1) is 24.9 Å². The zero-order chi connectivity index (χ0) is 37.0. The van der Waals surface area contributed by atoms with E-state index >= 15 is 0 Å². The average Bonchev–Trinajstić information content (AvgIpc) is 3.09. The van der Waals surface area contributed by atoms with Crippen LogP contribution in [0.15, 0.2) is 48.5 Å². The molecule has 280 valence electrons. The first-order valence-electron chi connectivity index (χ1n) is 16.7. The molecule has 16 heteroatoms. The van der Waals surface area contributed by atoms with Crippen molar-refractivity contribution in [2.75, 3.05) is 20.3 Å². The Bertz CT molecular complexity index is 1490. The smallest absolute Gasteiger partial charge is 0.416 e. The quantitative estimate of drug-likeness (QED) is 0.142. The highest BCUT2D eigenvalue weighted by atomic mass is 19.4. The minimum Gasteiger partial charge on any atom is -0.467 e. The van der Waals surface area contributed by atoms with Crippen LogP contribution >= 0.6 is 0 Å². The molecule has 0 aliphatic carbocycles. The molecule has 3 amide bonds. The van der Waals surface area contributed by atoms with E-state index in [4.69, 9.17) is 18.9 Å². The van der Waals surface area contributed by atoms with Gasteiger partial charge in [0.2, 0.25) is 5.91 Å². The third kappa shape index (κ3) is 12.7. The Morgan fingerprint density at radius 2 is 1.75 bits per heavy atom. The van der Waals surface area contributed by atoms with Crippen molar-refractivity contribution in [3.8, 4) is 0 Å². The molecular weight excluding hydrogens is 682 g/mol. The van der Waals surface area contributed by atoms with Gasteiger partial charge in [-0.1, -0.05) is 24.3 Å². The van der Waals surface area contributed by atoms with Gasteiger partial charge in [-0.2, -0.15) is 13.2 Å². The summed E-state index contributed by atoms with van der Waals surface area (Å²) in [6.45, 7) is 1.39. The molecule has 2 aliphatic heterocycles. The van der Waals surface area contributed by atoms with Gasteiger partial charge in [-0.15, -0.1) is 0 Å². The minimum atomic E-state index is -4.51. The van der Waals surface area contributed by atoms with E-state index in [0.717, 1.165) is 17.7 Å². The number of methoxy groups -OCH3 is 1. The Morgan fingerprint density at radius 3 is 2.47 bits per heavy atom. The molecule has 3 N–H and O–H groups in total. The summed E-state index contributed by atoms with van der Waals surface area (Å²) in [6.07, 6.45) is -5.23. The highest BCUT2D eigenvalue weighted by Gasteiger charge is 2.47. The van der Waals surface area contributed by atoms with Crippen molar-refractivity contribution < 1.29 is 60.4 Å². The SMILES string of the molecule is COC(=O)[C@H](C)NC(=O)CCC1CC(OC(=O)NCCc2ccc(F)cc2)CC2(CCCC(COC(=O)NCc3cccc(C(F)(F)F)c3)O2)O1. The van der Waals surface area contributed by atoms with Crippen LogP contribution in [0.1, 0.15) is 68.6 Å². The predicted molar refractivity (Wildman–Crippen MR) is 172 cm³/mol. The number of alkyl carbamates (subject to hydrolysis) is 2. The van der Waals surface area contributed by atoms with E-state index in [2.05, 4.69) is 20.7 Å². The van der Waals surface area contributed by atoms with Crippen LogP contribution in [-0.4, -0.2) is 74.5 Å². The molecule has 0 bridgehead atoms. The second-order valence-corrected chi connectivity index (χ2v) is 12.6. The Balaban J connectivity index is 1.33. The topological polar surface area (TPSA) is 151 Å². The number of benzene rings is 2. The molecule has 2 aromatic rings. The van der Waals surface area contributed by atoms with Crippen LogP contribution in [0.25, 0.3) is 0 Å². The van der Waals surface area contributed by atoms with Gasteiger partial charge < -0.3 is 39.6 Å². The van der Waals surface area contributed by atoms with E-state index in [1.165, 1.54) is 38.3 Å². The standard InChI is InChI=1S/C35H43F4N3O9/c1-22(31(44)47-2)42-30(43)13-12-27-18-29(49-33(46)40-16-14-23-8-10-26(36)11-9-23)19-34(50-27)15-4-7-28(51-34)21-48-32(45)41-20-24-5-3-6-25(17-24)35(37,38)39/h3,5-6,8-11,17,22,27-29H,4,7,12-16,18-21H2,1-2H3,(H,40,46)(H,41,45)(H,42,43)/t22-,27?,28?,29?,34?/m0/s1. The van der Waals surface area contributed by atoms with Crippen molar-refractivity contribution in [3.63, 3.8) is 0 Å². The van der Waals surface area contributed by atoms with Gasteiger partial charge >= 0.3 is 24.3 Å². The van der Waals surface area contributed by atoms with Crippen LogP contribution in [0.5, 0.6) is 0 Å². The Labute approximate surface area is 292 Å². The van der Waals surface area contributed by atoms with E-state index in [9.17, 15) is 36.7 Å². The molecule has 4 rings (SSSR count). The highest BCUT2D eigenvalue weighted by molar-refractivity contribution is 5.84. The molecule has 2 heterocycles. The second kappa shape index (κ2) is 18.2. The summed E-state index contributed by atoms with van der Waals surface area (Å²) in [5.74, 6) is -2.58. The largest absolute Gasteiger partial charge is 0.467 e. The Hall–Kier alpha value is -4.44. The van der Waals surface area contributed by atoms with Crippen molar-refractivity contribution in [1.82, 2.24) is 16.0 Å². The fourth-order valence-electron chi connectivity index (χ4n) is 6.01. The monoisotopic (exact) mass is 725 g/mol. The molecule has 4 unspecified atom stereocenters. The fourth-order valence-corrected chi connectivity index (χ4v) is 6.01. The number of esters is 1. The van der Waals surface area contributed by atoms with Crippen molar-refractivity contribution >= 4 is 24.1 Å². The maximum absolute atomic E-state index is 13.2.